The first-order valence-corrected chi connectivity index (χ1v) is 7.87. The molecule has 2 rings (SSSR count). The van der Waals surface area contributed by atoms with E-state index in [1.807, 2.05) is 0 Å². The molecule has 0 aromatic rings. The minimum atomic E-state index is -0.243. The lowest BCUT2D eigenvalue weighted by Crippen LogP contribution is -2.50. The van der Waals surface area contributed by atoms with Crippen LogP contribution in [-0.2, 0) is 9.53 Å². The molecule has 1 unspecified atom stereocenters. The average molecular weight is 283 g/mol. The van der Waals surface area contributed by atoms with Gasteiger partial charge in [0.15, 0.2) is 0 Å². The van der Waals surface area contributed by atoms with Crippen LogP contribution in [-0.4, -0.2) is 56.2 Å². The number of rotatable bonds is 7. The Balaban J connectivity index is 1.85. The lowest BCUT2D eigenvalue weighted by molar-refractivity contribution is -0.126. The molecule has 2 fully saturated rings. The first-order chi connectivity index (χ1) is 9.57. The Labute approximate surface area is 122 Å². The van der Waals surface area contributed by atoms with Gasteiger partial charge in [0.1, 0.15) is 0 Å². The highest BCUT2D eigenvalue weighted by Crippen LogP contribution is 2.44. The monoisotopic (exact) mass is 283 g/mol. The molecule has 1 atom stereocenters. The minimum absolute atomic E-state index is 0.155. The topological polar surface area (TPSA) is 67.6 Å². The zero-order valence-corrected chi connectivity index (χ0v) is 12.9. The molecule has 5 heteroatoms. The number of hydrogen-bond donors (Lipinski definition) is 2. The van der Waals surface area contributed by atoms with Crippen molar-refractivity contribution in [2.24, 2.45) is 17.1 Å². The van der Waals surface area contributed by atoms with E-state index in [9.17, 15) is 4.79 Å². The number of nitrogens with two attached hydrogens (primary N) is 1. The van der Waals surface area contributed by atoms with Gasteiger partial charge in [-0.05, 0) is 25.2 Å². The van der Waals surface area contributed by atoms with Gasteiger partial charge in [-0.1, -0.05) is 13.8 Å². The van der Waals surface area contributed by atoms with Gasteiger partial charge in [0.2, 0.25) is 5.91 Å². The maximum Gasteiger partial charge on any atom is 0.227 e. The van der Waals surface area contributed by atoms with Gasteiger partial charge in [0.25, 0.3) is 0 Å². The van der Waals surface area contributed by atoms with Crippen molar-refractivity contribution in [1.82, 2.24) is 10.2 Å². The quantitative estimate of drug-likeness (QED) is 0.717. The Morgan fingerprint density at radius 1 is 1.35 bits per heavy atom. The number of morpholine rings is 1. The molecule has 0 bridgehead atoms. The average Bonchev–Trinajstić information content (AvgIpc) is 3.25. The fourth-order valence-electron chi connectivity index (χ4n) is 2.92. The Bertz CT molecular complexity index is 323. The first kappa shape index (κ1) is 15.7. The van der Waals surface area contributed by atoms with Gasteiger partial charge in [-0.25, -0.2) is 0 Å². The van der Waals surface area contributed by atoms with Crippen LogP contribution >= 0.6 is 0 Å². The van der Waals surface area contributed by atoms with Crippen molar-refractivity contribution in [3.8, 4) is 0 Å². The summed E-state index contributed by atoms with van der Waals surface area (Å²) in [6.45, 7) is 9.22. The molecule has 1 saturated carbocycles. The van der Waals surface area contributed by atoms with E-state index in [4.69, 9.17) is 10.5 Å². The molecule has 116 valence electrons. The molecule has 1 aliphatic carbocycles. The Hall–Kier alpha value is -0.650. The molecule has 20 heavy (non-hydrogen) atoms. The van der Waals surface area contributed by atoms with Crippen LogP contribution in [0.5, 0.6) is 0 Å². The highest BCUT2D eigenvalue weighted by molar-refractivity contribution is 5.85. The summed E-state index contributed by atoms with van der Waals surface area (Å²) in [5.74, 6) is 0.783. The van der Waals surface area contributed by atoms with Crippen LogP contribution in [0.2, 0.25) is 0 Å². The summed E-state index contributed by atoms with van der Waals surface area (Å²) in [5, 5.41) is 3.14. The highest BCUT2D eigenvalue weighted by Gasteiger charge is 2.48. The van der Waals surface area contributed by atoms with E-state index in [2.05, 4.69) is 24.1 Å². The summed E-state index contributed by atoms with van der Waals surface area (Å²) in [6.07, 6.45) is 3.00. The summed E-state index contributed by atoms with van der Waals surface area (Å²) < 4.78 is 5.42. The number of amides is 1. The van der Waals surface area contributed by atoms with Crippen LogP contribution in [0.3, 0.4) is 0 Å². The molecule has 0 aromatic carbocycles. The third-order valence-corrected chi connectivity index (χ3v) is 4.53. The van der Waals surface area contributed by atoms with Gasteiger partial charge < -0.3 is 15.8 Å². The number of nitrogens with one attached hydrogen (secondary N) is 1. The van der Waals surface area contributed by atoms with Crippen molar-refractivity contribution < 1.29 is 9.53 Å². The number of carbonyl (C=O) groups excluding carboxylic acids is 1. The standard InChI is InChI=1S/C15H29N3O2/c1-12(2)9-13(18-5-7-20-8-6-18)10-17-14(19)15(11-16)3-4-15/h12-13H,3-11,16H2,1-2H3,(H,17,19). The van der Waals surface area contributed by atoms with E-state index in [0.29, 0.717) is 18.5 Å². The van der Waals surface area contributed by atoms with E-state index in [0.717, 1.165) is 52.1 Å². The number of ether oxygens (including phenoxy) is 1. The van der Waals surface area contributed by atoms with Crippen LogP contribution in [0, 0.1) is 11.3 Å². The molecule has 2 aliphatic rings. The van der Waals surface area contributed by atoms with E-state index >= 15 is 0 Å². The third kappa shape index (κ3) is 3.93. The normalized spacial score (nSPS) is 23.6. The van der Waals surface area contributed by atoms with Crippen LogP contribution in [0.1, 0.15) is 33.1 Å². The highest BCUT2D eigenvalue weighted by atomic mass is 16.5. The molecule has 1 amide bonds. The van der Waals surface area contributed by atoms with Gasteiger partial charge in [-0.3, -0.25) is 9.69 Å². The molecule has 1 saturated heterocycles. The zero-order chi connectivity index (χ0) is 14.6. The first-order valence-electron chi connectivity index (χ1n) is 7.87. The molecule has 0 spiro atoms. The summed E-state index contributed by atoms with van der Waals surface area (Å²) in [7, 11) is 0. The molecule has 3 N–H and O–H groups in total. The predicted octanol–water partition coefficient (Wildman–Crippen LogP) is 0.588. The molecule has 0 radical (unpaired) electrons. The van der Waals surface area contributed by atoms with Gasteiger partial charge in [-0.15, -0.1) is 0 Å². The van der Waals surface area contributed by atoms with E-state index in [-0.39, 0.29) is 11.3 Å². The van der Waals surface area contributed by atoms with Crippen molar-refractivity contribution in [3.05, 3.63) is 0 Å². The molecular formula is C15H29N3O2. The molecule has 0 aromatic heterocycles. The van der Waals surface area contributed by atoms with Crippen molar-refractivity contribution in [3.63, 3.8) is 0 Å². The fourth-order valence-corrected chi connectivity index (χ4v) is 2.92. The molecule has 1 heterocycles. The summed E-state index contributed by atoms with van der Waals surface area (Å²) >= 11 is 0. The van der Waals surface area contributed by atoms with Gasteiger partial charge in [-0.2, -0.15) is 0 Å². The molecule has 1 aliphatic heterocycles. The largest absolute Gasteiger partial charge is 0.379 e. The van der Waals surface area contributed by atoms with Crippen LogP contribution in [0.25, 0.3) is 0 Å². The van der Waals surface area contributed by atoms with Crippen LogP contribution in [0.4, 0.5) is 0 Å². The second-order valence-electron chi connectivity index (χ2n) is 6.63. The van der Waals surface area contributed by atoms with Crippen molar-refractivity contribution in [2.75, 3.05) is 39.4 Å². The van der Waals surface area contributed by atoms with Gasteiger partial charge in [0.05, 0.1) is 18.6 Å². The number of hydrogen-bond acceptors (Lipinski definition) is 4. The van der Waals surface area contributed by atoms with Gasteiger partial charge in [0, 0.05) is 32.2 Å². The van der Waals surface area contributed by atoms with E-state index < -0.39 is 0 Å². The number of carbonyl (C=O) groups is 1. The lowest BCUT2D eigenvalue weighted by atomic mass is 10.0. The number of nitrogens with zero attached hydrogens (tertiary/aromatic N) is 1. The minimum Gasteiger partial charge on any atom is -0.379 e. The smallest absolute Gasteiger partial charge is 0.227 e. The maximum absolute atomic E-state index is 12.2. The SMILES string of the molecule is CC(C)CC(CNC(=O)C1(CN)CC1)N1CCOCC1. The lowest BCUT2D eigenvalue weighted by Gasteiger charge is -2.35. The maximum atomic E-state index is 12.2. The van der Waals surface area contributed by atoms with E-state index in [1.165, 1.54) is 0 Å². The van der Waals surface area contributed by atoms with E-state index in [1.54, 1.807) is 0 Å². The van der Waals surface area contributed by atoms with Crippen molar-refractivity contribution in [1.29, 1.82) is 0 Å². The second kappa shape index (κ2) is 6.87. The fraction of sp³-hybridized carbons (Fsp3) is 0.933. The molecule has 5 nitrogen and oxygen atoms in total. The summed E-state index contributed by atoms with van der Waals surface area (Å²) in [5.41, 5.74) is 5.47. The zero-order valence-electron chi connectivity index (χ0n) is 12.9. The Kier molecular flexibility index (Phi) is 5.41. The summed E-state index contributed by atoms with van der Waals surface area (Å²) in [4.78, 5) is 14.6. The summed E-state index contributed by atoms with van der Waals surface area (Å²) in [6, 6.07) is 0.413. The van der Waals surface area contributed by atoms with Crippen molar-refractivity contribution >= 4 is 5.91 Å². The third-order valence-electron chi connectivity index (χ3n) is 4.53. The second-order valence-corrected chi connectivity index (χ2v) is 6.63. The Morgan fingerprint density at radius 3 is 2.50 bits per heavy atom. The van der Waals surface area contributed by atoms with Gasteiger partial charge >= 0.3 is 0 Å². The van der Waals surface area contributed by atoms with Crippen LogP contribution < -0.4 is 11.1 Å². The molecular weight excluding hydrogens is 254 g/mol. The predicted molar refractivity (Wildman–Crippen MR) is 79.4 cm³/mol. The van der Waals surface area contributed by atoms with Crippen molar-refractivity contribution in [2.45, 2.75) is 39.2 Å². The van der Waals surface area contributed by atoms with Crippen LogP contribution in [0.15, 0.2) is 0 Å². The Morgan fingerprint density at radius 2 is 2.00 bits per heavy atom.